The fourth-order valence-electron chi connectivity index (χ4n) is 2.44. The Morgan fingerprint density at radius 2 is 1.81 bits per heavy atom. The maximum absolute atomic E-state index is 13.7. The van der Waals surface area contributed by atoms with Gasteiger partial charge in [0.25, 0.3) is 0 Å². The molecule has 3 N–H and O–H groups in total. The van der Waals surface area contributed by atoms with Crippen LogP contribution in [0, 0.1) is 5.82 Å². The van der Waals surface area contributed by atoms with Crippen molar-refractivity contribution in [3.8, 4) is 0 Å². The van der Waals surface area contributed by atoms with Gasteiger partial charge in [0.15, 0.2) is 5.96 Å². The highest BCUT2D eigenvalue weighted by Crippen LogP contribution is 2.10. The van der Waals surface area contributed by atoms with Crippen LogP contribution in [0.2, 0.25) is 0 Å². The Labute approximate surface area is 160 Å². The molecule has 2 aromatic rings. The fraction of sp³-hybridized carbons (Fsp3) is 0.316. The molecule has 0 atom stereocenters. The normalized spacial score (nSPS) is 12.0. The van der Waals surface area contributed by atoms with Crippen molar-refractivity contribution in [3.63, 3.8) is 0 Å². The molecule has 0 spiro atoms. The molecule has 0 heterocycles. The van der Waals surface area contributed by atoms with Crippen molar-refractivity contribution in [2.24, 2.45) is 4.99 Å². The van der Waals surface area contributed by atoms with Crippen molar-refractivity contribution in [3.05, 3.63) is 71.0 Å². The lowest BCUT2D eigenvalue weighted by atomic mass is 10.1. The first kappa shape index (κ1) is 20.9. The topological polar surface area (TPSA) is 82.6 Å². The van der Waals surface area contributed by atoms with E-state index in [0.29, 0.717) is 36.7 Å². The van der Waals surface area contributed by atoms with Gasteiger partial charge in [-0.15, -0.1) is 0 Å². The molecule has 0 bridgehead atoms. The lowest BCUT2D eigenvalue weighted by Crippen LogP contribution is -2.37. The lowest BCUT2D eigenvalue weighted by molar-refractivity contribution is 0.587. The molecule has 146 valence electrons. The largest absolute Gasteiger partial charge is 0.357 e. The van der Waals surface area contributed by atoms with E-state index < -0.39 is 10.0 Å². The number of nitrogens with one attached hydrogen (secondary N) is 3. The predicted molar refractivity (Wildman–Crippen MR) is 106 cm³/mol. The third kappa shape index (κ3) is 6.99. The number of sulfonamides is 1. The average Bonchev–Trinajstić information content (AvgIpc) is 2.65. The second-order valence-corrected chi connectivity index (χ2v) is 7.85. The minimum Gasteiger partial charge on any atom is -0.357 e. The zero-order valence-electron chi connectivity index (χ0n) is 15.5. The molecule has 0 saturated carbocycles. The third-order valence-corrected chi connectivity index (χ3v) is 5.16. The quantitative estimate of drug-likeness (QED) is 0.475. The maximum atomic E-state index is 13.7. The first-order valence-electron chi connectivity index (χ1n) is 8.68. The summed E-state index contributed by atoms with van der Waals surface area (Å²) in [5, 5.41) is 6.22. The van der Waals surface area contributed by atoms with Gasteiger partial charge in [-0.2, -0.15) is 0 Å². The molecule has 0 aliphatic rings. The summed E-state index contributed by atoms with van der Waals surface area (Å²) in [5.41, 5.74) is 2.14. The van der Waals surface area contributed by atoms with Gasteiger partial charge in [0.1, 0.15) is 5.82 Å². The van der Waals surface area contributed by atoms with Crippen LogP contribution >= 0.6 is 0 Å². The van der Waals surface area contributed by atoms with Crippen LogP contribution < -0.4 is 15.4 Å². The van der Waals surface area contributed by atoms with E-state index >= 15 is 0 Å². The molecule has 8 heteroatoms. The lowest BCUT2D eigenvalue weighted by Gasteiger charge is -2.12. The van der Waals surface area contributed by atoms with Crippen LogP contribution in [0.3, 0.4) is 0 Å². The minimum atomic E-state index is -3.32. The summed E-state index contributed by atoms with van der Waals surface area (Å²) in [6, 6.07) is 13.9. The van der Waals surface area contributed by atoms with Crippen LogP contribution in [0.25, 0.3) is 0 Å². The summed E-state index contributed by atoms with van der Waals surface area (Å²) >= 11 is 0. The van der Waals surface area contributed by atoms with E-state index in [1.54, 1.807) is 24.3 Å². The molecule has 27 heavy (non-hydrogen) atoms. The van der Waals surface area contributed by atoms with Crippen molar-refractivity contribution in [2.75, 3.05) is 13.6 Å². The predicted octanol–water partition coefficient (Wildman–Crippen LogP) is 2.13. The van der Waals surface area contributed by atoms with E-state index in [1.807, 2.05) is 25.1 Å². The van der Waals surface area contributed by atoms with Crippen molar-refractivity contribution in [1.29, 1.82) is 0 Å². The second-order valence-electron chi connectivity index (χ2n) is 5.92. The minimum absolute atomic E-state index is 0.0767. The van der Waals surface area contributed by atoms with Gasteiger partial charge < -0.3 is 10.6 Å². The van der Waals surface area contributed by atoms with Crippen LogP contribution in [0.4, 0.5) is 4.39 Å². The summed E-state index contributed by atoms with van der Waals surface area (Å²) in [7, 11) is -1.92. The molecule has 0 aliphatic carbocycles. The van der Waals surface area contributed by atoms with Gasteiger partial charge in [0, 0.05) is 18.7 Å². The Morgan fingerprint density at radius 1 is 1.07 bits per heavy atom. The van der Waals surface area contributed by atoms with Crippen molar-refractivity contribution in [2.45, 2.75) is 25.8 Å². The number of aliphatic imine (C=N–C) groups is 1. The first-order chi connectivity index (χ1) is 12.9. The van der Waals surface area contributed by atoms with E-state index in [2.05, 4.69) is 20.3 Å². The Morgan fingerprint density at radius 3 is 2.52 bits per heavy atom. The maximum Gasteiger partial charge on any atom is 0.215 e. The highest BCUT2D eigenvalue weighted by Gasteiger charge is 2.09. The molecule has 0 aliphatic heterocycles. The molecule has 0 fully saturated rings. The molecule has 0 unspecified atom stereocenters. The Bertz CT molecular complexity index is 885. The van der Waals surface area contributed by atoms with Crippen molar-refractivity contribution >= 4 is 16.0 Å². The van der Waals surface area contributed by atoms with Crippen LogP contribution in [0.15, 0.2) is 53.5 Å². The summed E-state index contributed by atoms with van der Waals surface area (Å²) in [6.07, 6.45) is 0. The summed E-state index contributed by atoms with van der Waals surface area (Å²) in [5.74, 6) is 0.223. The SMILES string of the molecule is CCNC(=NCc1cccc(CS(=O)(=O)NC)c1)NCc1ccccc1F. The Balaban J connectivity index is 2.04. The van der Waals surface area contributed by atoms with E-state index in [0.717, 1.165) is 5.56 Å². The molecule has 0 radical (unpaired) electrons. The van der Waals surface area contributed by atoms with Crippen molar-refractivity contribution < 1.29 is 12.8 Å². The van der Waals surface area contributed by atoms with Gasteiger partial charge >= 0.3 is 0 Å². The van der Waals surface area contributed by atoms with Crippen LogP contribution in [-0.4, -0.2) is 28.0 Å². The van der Waals surface area contributed by atoms with E-state index in [4.69, 9.17) is 0 Å². The monoisotopic (exact) mass is 392 g/mol. The van der Waals surface area contributed by atoms with E-state index in [9.17, 15) is 12.8 Å². The summed E-state index contributed by atoms with van der Waals surface area (Å²) in [6.45, 7) is 3.31. The molecular formula is C19H25FN4O2S. The van der Waals surface area contributed by atoms with Crippen LogP contribution in [0.5, 0.6) is 0 Å². The second kappa shape index (κ2) is 10.0. The molecule has 2 rings (SSSR count). The van der Waals surface area contributed by atoms with Gasteiger partial charge in [-0.3, -0.25) is 0 Å². The number of nitrogens with zero attached hydrogens (tertiary/aromatic N) is 1. The van der Waals surface area contributed by atoms with Crippen LogP contribution in [0.1, 0.15) is 23.6 Å². The molecular weight excluding hydrogens is 367 g/mol. The van der Waals surface area contributed by atoms with Gasteiger partial charge in [0.2, 0.25) is 10.0 Å². The molecule has 0 aromatic heterocycles. The van der Waals surface area contributed by atoms with E-state index in [-0.39, 0.29) is 11.6 Å². The highest BCUT2D eigenvalue weighted by atomic mass is 32.2. The highest BCUT2D eigenvalue weighted by molar-refractivity contribution is 7.88. The fourth-order valence-corrected chi connectivity index (χ4v) is 3.20. The zero-order chi connectivity index (χ0) is 19.7. The smallest absolute Gasteiger partial charge is 0.215 e. The number of hydrogen-bond acceptors (Lipinski definition) is 3. The van der Waals surface area contributed by atoms with Gasteiger partial charge in [0.05, 0.1) is 12.3 Å². The van der Waals surface area contributed by atoms with Crippen molar-refractivity contribution in [1.82, 2.24) is 15.4 Å². The third-order valence-electron chi connectivity index (χ3n) is 3.83. The molecule has 0 amide bonds. The van der Waals surface area contributed by atoms with Gasteiger partial charge in [-0.25, -0.2) is 22.5 Å². The number of hydrogen-bond donors (Lipinski definition) is 3. The number of guanidine groups is 1. The average molecular weight is 393 g/mol. The molecule has 6 nitrogen and oxygen atoms in total. The summed E-state index contributed by atoms with van der Waals surface area (Å²) < 4.78 is 39.4. The summed E-state index contributed by atoms with van der Waals surface area (Å²) in [4.78, 5) is 4.49. The number of benzene rings is 2. The first-order valence-corrected chi connectivity index (χ1v) is 10.3. The van der Waals surface area contributed by atoms with Crippen LogP contribution in [-0.2, 0) is 28.9 Å². The van der Waals surface area contributed by atoms with E-state index in [1.165, 1.54) is 13.1 Å². The number of halogens is 1. The van der Waals surface area contributed by atoms with Gasteiger partial charge in [-0.1, -0.05) is 42.5 Å². The number of rotatable bonds is 8. The molecule has 2 aromatic carbocycles. The standard InChI is InChI=1S/C19H25FN4O2S/c1-3-22-19(24-13-17-9-4-5-10-18(17)20)23-12-15-7-6-8-16(11-15)14-27(25,26)21-2/h4-11,21H,3,12-14H2,1-2H3,(H2,22,23,24). The Kier molecular flexibility index (Phi) is 7.75. The Hall–Kier alpha value is -2.45. The molecule has 0 saturated heterocycles. The zero-order valence-corrected chi connectivity index (χ0v) is 16.3. The van der Waals surface area contributed by atoms with Gasteiger partial charge in [-0.05, 0) is 31.2 Å².